The van der Waals surface area contributed by atoms with Gasteiger partial charge < -0.3 is 0 Å². The van der Waals surface area contributed by atoms with E-state index in [1.54, 1.807) is 0 Å². The zero-order valence-corrected chi connectivity index (χ0v) is 28.6. The quantitative estimate of drug-likeness (QED) is 0.292. The van der Waals surface area contributed by atoms with Crippen molar-refractivity contribution < 1.29 is 0 Å². The molecule has 45 heavy (non-hydrogen) atoms. The second-order valence-electron chi connectivity index (χ2n) is 27.3. The minimum atomic E-state index is 0.709. The maximum atomic E-state index is 3.08. The van der Waals surface area contributed by atoms with E-state index in [9.17, 15) is 0 Å². The van der Waals surface area contributed by atoms with Crippen LogP contribution in [0.4, 0.5) is 0 Å². The third-order valence-corrected chi connectivity index (χ3v) is 36.0. The summed E-state index contributed by atoms with van der Waals surface area (Å²) in [7, 11) is 0. The summed E-state index contributed by atoms with van der Waals surface area (Å²) < 4.78 is 0. The lowest BCUT2D eigenvalue weighted by atomic mass is 8.41. The van der Waals surface area contributed by atoms with Crippen LogP contribution in [0.5, 0.6) is 0 Å². The summed E-state index contributed by atoms with van der Waals surface area (Å²) in [6.45, 7) is 29.8. The molecule has 24 aliphatic rings. The van der Waals surface area contributed by atoms with E-state index in [0.717, 1.165) is 105 Å². The van der Waals surface area contributed by atoms with Gasteiger partial charge in [-0.3, -0.25) is 0 Å². The molecule has 0 heterocycles. The Labute approximate surface area is 265 Å². The van der Waals surface area contributed by atoms with Crippen LogP contribution in [0, 0.1) is 197 Å². The van der Waals surface area contributed by atoms with Crippen LogP contribution >= 0.6 is 0 Å². The molecule has 0 heteroatoms. The van der Waals surface area contributed by atoms with Gasteiger partial charge in [0.25, 0.3) is 0 Å². The van der Waals surface area contributed by atoms with Gasteiger partial charge in [-0.25, -0.2) is 0 Å². The van der Waals surface area contributed by atoms with Gasteiger partial charge in [0.1, 0.15) is 0 Å². The Hall–Kier alpha value is 0. The van der Waals surface area contributed by atoms with Crippen molar-refractivity contribution in [1.29, 1.82) is 0 Å². The lowest BCUT2D eigenvalue weighted by Gasteiger charge is -3.61. The molecule has 24 rings (SSSR count). The first-order valence-corrected chi connectivity index (χ1v) is 21.4. The highest BCUT2D eigenvalue weighted by Crippen LogP contribution is 3.63. The van der Waals surface area contributed by atoms with Crippen LogP contribution in [0.3, 0.4) is 0 Å². The topological polar surface area (TPSA) is 0 Å². The van der Waals surface area contributed by atoms with Crippen LogP contribution in [0.25, 0.3) is 0 Å². The zero-order chi connectivity index (χ0) is 28.6. The average Bonchev–Trinajstić information content (AvgIpc) is 2.95. The van der Waals surface area contributed by atoms with E-state index in [4.69, 9.17) is 0 Å². The average molecular weight is 585 g/mol. The maximum Gasteiger partial charge on any atom is -0.000716 e. The summed E-state index contributed by atoms with van der Waals surface area (Å²) in [5, 5.41) is 0. The van der Waals surface area contributed by atoms with Gasteiger partial charge in [-0.1, -0.05) is 69.2 Å². The molecular formula is C45H44. The normalized spacial score (nSPS) is 124. The fourth-order valence-corrected chi connectivity index (χ4v) is 42.7. The third kappa shape index (κ3) is 0.440. The van der Waals surface area contributed by atoms with Crippen LogP contribution in [0.15, 0.2) is 0 Å². The van der Waals surface area contributed by atoms with Crippen LogP contribution in [-0.2, 0) is 0 Å². The molecule has 24 aliphatic carbocycles. The highest BCUT2D eigenvalue weighted by Gasteiger charge is 3.62. The highest BCUT2D eigenvalue weighted by atomic mass is 15.6. The number of rotatable bonds is 0. The molecule has 0 N–H and O–H groups in total. The van der Waals surface area contributed by atoms with Gasteiger partial charge >= 0.3 is 0 Å². The van der Waals surface area contributed by atoms with Gasteiger partial charge in [0.05, 0.1) is 0 Å². The zero-order valence-electron chi connectivity index (χ0n) is 28.6. The molecular weight excluding hydrogens is 540 g/mol. The molecule has 0 nitrogen and oxygen atoms in total. The molecule has 0 aliphatic heterocycles. The van der Waals surface area contributed by atoms with Crippen molar-refractivity contribution in [2.75, 3.05) is 0 Å². The van der Waals surface area contributed by atoms with Gasteiger partial charge in [0, 0.05) is 0 Å². The van der Waals surface area contributed by atoms with E-state index in [0.29, 0.717) is 32.5 Å². The van der Waals surface area contributed by atoms with E-state index in [-0.39, 0.29) is 0 Å². The minimum absolute atomic E-state index is 0.709. The predicted octanol–water partition coefficient (Wildman–Crippen LogP) is 6.85. The summed E-state index contributed by atoms with van der Waals surface area (Å²) in [6.07, 6.45) is 0. The molecule has 0 aromatic heterocycles. The first-order chi connectivity index (χ1) is 21.4. The number of hydrogen-bond donors (Lipinski definition) is 0. The van der Waals surface area contributed by atoms with Crippen molar-refractivity contribution in [2.45, 2.75) is 69.2 Å². The van der Waals surface area contributed by atoms with Crippen molar-refractivity contribution in [3.63, 3.8) is 0 Å². The lowest BCUT2D eigenvalue weighted by Crippen LogP contribution is -3.60. The summed E-state index contributed by atoms with van der Waals surface area (Å²) in [6, 6.07) is 0. The van der Waals surface area contributed by atoms with Crippen molar-refractivity contribution in [1.82, 2.24) is 0 Å². The van der Waals surface area contributed by atoms with E-state index in [1.807, 2.05) is 0 Å². The summed E-state index contributed by atoms with van der Waals surface area (Å²) in [5.74, 6) is 16.7. The Bertz CT molecular complexity index is 2170. The van der Waals surface area contributed by atoms with Crippen LogP contribution in [0.2, 0.25) is 0 Å². The van der Waals surface area contributed by atoms with E-state index >= 15 is 0 Å². The summed E-state index contributed by atoms with van der Waals surface area (Å²) in [4.78, 5) is 0. The highest BCUT2D eigenvalue weighted by molar-refractivity contribution is 6.07. The molecule has 24 fully saturated rings. The molecule has 0 bridgehead atoms. The molecule has 24 saturated carbocycles. The number of hydrogen-bond acceptors (Lipinski definition) is 0. The minimum Gasteiger partial charge on any atom is -0.0616 e. The molecule has 224 valence electrons. The smallest absolute Gasteiger partial charge is 0.000716 e. The standard InChI is InChI=1S/C45H44/c1-11-15-19-23-20-17-13(3)27(7)30(10)28(8)14(4)18-22-24-21-16-12(2)26(6)29(9)25(11,5)31(15)35(19)39(23)36(20)33(17,27)42(30)34(18,28)38(22)40(24)37(21)32(16,26)41(29,31)43(35,37)45(39,40)44(36,38)42/h11-24H,1-10H3. The van der Waals surface area contributed by atoms with E-state index < -0.39 is 0 Å². The Morgan fingerprint density at radius 2 is 0.444 bits per heavy atom. The van der Waals surface area contributed by atoms with E-state index in [2.05, 4.69) is 69.2 Å². The monoisotopic (exact) mass is 584 g/mol. The molecule has 0 saturated heterocycles. The third-order valence-electron chi connectivity index (χ3n) is 36.0. The molecule has 0 radical (unpaired) electrons. The Morgan fingerprint density at radius 3 is 0.711 bits per heavy atom. The first-order valence-electron chi connectivity index (χ1n) is 21.4. The molecule has 0 aromatic carbocycles. The number of fused-ring (bicyclic) bond motifs is 12. The van der Waals surface area contributed by atoms with E-state index in [1.165, 1.54) is 59.2 Å². The molecule has 0 amide bonds. The van der Waals surface area contributed by atoms with Crippen LogP contribution in [-0.4, -0.2) is 0 Å². The van der Waals surface area contributed by atoms with Crippen molar-refractivity contribution in [2.24, 2.45) is 197 Å². The fourth-order valence-electron chi connectivity index (χ4n) is 42.7. The molecule has 15 spiro atoms. The van der Waals surface area contributed by atoms with Gasteiger partial charge in [-0.2, -0.15) is 0 Å². The SMILES string of the molecule is CC1C2C3C4C5C6C(C)C7(C)C8(C)C9(C)C(C)C%10C%11C%12C%13C%14C(C)C%15(C)C%16(C)C1(C)C21C32C43C54C67C85C%109C%116C%127C%138C%14%15C%161C28C37C465. The van der Waals surface area contributed by atoms with Crippen molar-refractivity contribution >= 4 is 0 Å². The van der Waals surface area contributed by atoms with Crippen LogP contribution < -0.4 is 0 Å². The molecule has 24 atom stereocenters. The molecule has 24 unspecified atom stereocenters. The van der Waals surface area contributed by atoms with Gasteiger partial charge in [0.2, 0.25) is 0 Å². The first kappa shape index (κ1) is 18.8. The van der Waals surface area contributed by atoms with Gasteiger partial charge in [0.15, 0.2) is 0 Å². The Morgan fingerprint density at radius 1 is 0.244 bits per heavy atom. The van der Waals surface area contributed by atoms with Crippen molar-refractivity contribution in [3.8, 4) is 0 Å². The molecule has 0 aromatic rings. The van der Waals surface area contributed by atoms with Gasteiger partial charge in [-0.05, 0) is 197 Å². The van der Waals surface area contributed by atoms with Crippen LogP contribution in [0.1, 0.15) is 69.2 Å². The summed E-state index contributed by atoms with van der Waals surface area (Å²) >= 11 is 0. The Kier molecular flexibility index (Phi) is 1.21. The second-order valence-corrected chi connectivity index (χ2v) is 27.3. The lowest BCUT2D eigenvalue weighted by molar-refractivity contribution is -1.17. The maximum absolute atomic E-state index is 3.08. The predicted molar refractivity (Wildman–Crippen MR) is 157 cm³/mol. The van der Waals surface area contributed by atoms with Crippen molar-refractivity contribution in [3.05, 3.63) is 0 Å². The van der Waals surface area contributed by atoms with Gasteiger partial charge in [-0.15, -0.1) is 0 Å². The fraction of sp³-hybridized carbons (Fsp3) is 1.00. The summed E-state index contributed by atoms with van der Waals surface area (Å²) in [5.41, 5.74) is 18.4. The second kappa shape index (κ2) is 2.88. The Balaban J connectivity index is 0.966. The largest absolute Gasteiger partial charge is 0.0616 e.